The first-order chi connectivity index (χ1) is 9.69. The molecule has 0 amide bonds. The van der Waals surface area contributed by atoms with Gasteiger partial charge in [0.25, 0.3) is 0 Å². The third kappa shape index (κ3) is 2.20. The zero-order valence-corrected chi connectivity index (χ0v) is 11.1. The Balaban J connectivity index is 1.94. The average molecular weight is 277 g/mol. The predicted octanol–water partition coefficient (Wildman–Crippen LogP) is 1.16. The number of nitrogens with one attached hydrogen (secondary N) is 1. The van der Waals surface area contributed by atoms with Gasteiger partial charge in [0.05, 0.1) is 12.7 Å². The van der Waals surface area contributed by atoms with Crippen LogP contribution in [0.15, 0.2) is 18.2 Å². The number of anilines is 1. The first kappa shape index (κ1) is 12.9. The number of benzene rings is 1. The van der Waals surface area contributed by atoms with Crippen LogP contribution < -0.4 is 15.4 Å². The van der Waals surface area contributed by atoms with E-state index in [0.29, 0.717) is 24.1 Å². The summed E-state index contributed by atoms with van der Waals surface area (Å²) in [5, 5.41) is 6.90. The summed E-state index contributed by atoms with van der Waals surface area (Å²) in [6.07, 6.45) is 0.910. The van der Waals surface area contributed by atoms with E-state index in [9.17, 15) is 4.39 Å². The smallest absolute Gasteiger partial charge is 0.245 e. The summed E-state index contributed by atoms with van der Waals surface area (Å²) in [6, 6.07) is 4.78. The third-order valence-electron chi connectivity index (χ3n) is 3.41. The lowest BCUT2D eigenvalue weighted by molar-refractivity contribution is 0.413. The van der Waals surface area contributed by atoms with Crippen molar-refractivity contribution in [3.05, 3.63) is 24.0 Å². The van der Waals surface area contributed by atoms with Gasteiger partial charge in [0.15, 0.2) is 5.82 Å². The van der Waals surface area contributed by atoms with E-state index in [1.165, 1.54) is 13.2 Å². The van der Waals surface area contributed by atoms with Crippen LogP contribution in [0.4, 0.5) is 10.3 Å². The molecule has 106 valence electrons. The number of H-pyrrole nitrogens is 1. The Kier molecular flexibility index (Phi) is 3.27. The van der Waals surface area contributed by atoms with Crippen LogP contribution in [0.25, 0.3) is 11.4 Å². The Morgan fingerprint density at radius 3 is 3.05 bits per heavy atom. The molecule has 0 bridgehead atoms. The van der Waals surface area contributed by atoms with Gasteiger partial charge in [0.2, 0.25) is 5.95 Å². The molecule has 3 N–H and O–H groups in total. The Morgan fingerprint density at radius 2 is 2.35 bits per heavy atom. The van der Waals surface area contributed by atoms with Crippen molar-refractivity contribution in [2.24, 2.45) is 5.73 Å². The molecule has 3 rings (SSSR count). The van der Waals surface area contributed by atoms with Crippen LogP contribution in [-0.4, -0.2) is 41.4 Å². The molecule has 1 saturated heterocycles. The summed E-state index contributed by atoms with van der Waals surface area (Å²) >= 11 is 0. The minimum Gasteiger partial charge on any atom is -0.496 e. The summed E-state index contributed by atoms with van der Waals surface area (Å²) in [5.41, 5.74) is 6.15. The third-order valence-corrected chi connectivity index (χ3v) is 3.41. The van der Waals surface area contributed by atoms with Crippen molar-refractivity contribution in [1.82, 2.24) is 15.2 Å². The first-order valence-electron chi connectivity index (χ1n) is 6.45. The van der Waals surface area contributed by atoms with Crippen molar-refractivity contribution in [2.45, 2.75) is 12.5 Å². The molecule has 0 saturated carbocycles. The highest BCUT2D eigenvalue weighted by atomic mass is 19.1. The quantitative estimate of drug-likeness (QED) is 0.880. The average Bonchev–Trinajstić information content (AvgIpc) is 3.07. The summed E-state index contributed by atoms with van der Waals surface area (Å²) < 4.78 is 19.1. The molecular formula is C13H16FN5O. The summed E-state index contributed by atoms with van der Waals surface area (Å²) in [5.74, 6) is 0.921. The standard InChI is InChI=1S/C13H16FN5O/c1-20-10-4-2-3-9(14)11(10)12-16-13(18-17-12)19-6-5-8(15)7-19/h2-4,8H,5-7,15H2,1H3,(H,16,17,18). The number of nitrogens with zero attached hydrogens (tertiary/aromatic N) is 3. The molecule has 0 spiro atoms. The number of nitrogens with two attached hydrogens (primary N) is 1. The van der Waals surface area contributed by atoms with Crippen molar-refractivity contribution in [3.8, 4) is 17.1 Å². The lowest BCUT2D eigenvalue weighted by Crippen LogP contribution is -2.26. The summed E-state index contributed by atoms with van der Waals surface area (Å²) in [7, 11) is 1.50. The second kappa shape index (κ2) is 5.09. The van der Waals surface area contributed by atoms with Crippen LogP contribution in [0.1, 0.15) is 6.42 Å². The van der Waals surface area contributed by atoms with Gasteiger partial charge in [-0.3, -0.25) is 5.10 Å². The Morgan fingerprint density at radius 1 is 1.50 bits per heavy atom. The van der Waals surface area contributed by atoms with E-state index >= 15 is 0 Å². The molecule has 1 aromatic carbocycles. The fourth-order valence-corrected chi connectivity index (χ4v) is 2.38. The van der Waals surface area contributed by atoms with Crippen molar-refractivity contribution in [1.29, 1.82) is 0 Å². The second-order valence-corrected chi connectivity index (χ2v) is 4.80. The largest absolute Gasteiger partial charge is 0.496 e. The van der Waals surface area contributed by atoms with Gasteiger partial charge in [-0.25, -0.2) is 4.39 Å². The molecule has 1 aliphatic rings. The topological polar surface area (TPSA) is 80.1 Å². The van der Waals surface area contributed by atoms with Crippen LogP contribution >= 0.6 is 0 Å². The van der Waals surface area contributed by atoms with Crippen molar-refractivity contribution in [3.63, 3.8) is 0 Å². The molecule has 0 radical (unpaired) electrons. The molecule has 2 heterocycles. The van der Waals surface area contributed by atoms with Crippen molar-refractivity contribution < 1.29 is 9.13 Å². The Labute approximate surface area is 115 Å². The lowest BCUT2D eigenvalue weighted by atomic mass is 10.2. The molecule has 2 aromatic rings. The second-order valence-electron chi connectivity index (χ2n) is 4.80. The van der Waals surface area contributed by atoms with E-state index in [1.807, 2.05) is 4.90 Å². The van der Waals surface area contributed by atoms with Crippen LogP contribution in [0, 0.1) is 5.82 Å². The lowest BCUT2D eigenvalue weighted by Gasteiger charge is -2.11. The monoisotopic (exact) mass is 277 g/mol. The van der Waals surface area contributed by atoms with E-state index in [0.717, 1.165) is 13.0 Å². The zero-order chi connectivity index (χ0) is 14.1. The van der Waals surface area contributed by atoms with Crippen LogP contribution in [0.5, 0.6) is 5.75 Å². The summed E-state index contributed by atoms with van der Waals surface area (Å²) in [4.78, 5) is 6.33. The van der Waals surface area contributed by atoms with Gasteiger partial charge >= 0.3 is 0 Å². The van der Waals surface area contributed by atoms with Gasteiger partial charge < -0.3 is 15.4 Å². The highest BCUT2D eigenvalue weighted by Crippen LogP contribution is 2.31. The molecule has 1 fully saturated rings. The van der Waals surface area contributed by atoms with E-state index in [1.54, 1.807) is 12.1 Å². The number of ether oxygens (including phenoxy) is 1. The van der Waals surface area contributed by atoms with Crippen LogP contribution in [-0.2, 0) is 0 Å². The molecular weight excluding hydrogens is 261 g/mol. The number of rotatable bonds is 3. The number of aromatic amines is 1. The normalized spacial score (nSPS) is 18.6. The highest BCUT2D eigenvalue weighted by molar-refractivity contribution is 5.65. The molecule has 7 heteroatoms. The molecule has 1 aromatic heterocycles. The minimum atomic E-state index is -0.398. The van der Waals surface area contributed by atoms with Gasteiger partial charge in [0.1, 0.15) is 11.6 Å². The van der Waals surface area contributed by atoms with Crippen LogP contribution in [0.3, 0.4) is 0 Å². The van der Waals surface area contributed by atoms with Gasteiger partial charge in [-0.05, 0) is 18.6 Å². The van der Waals surface area contributed by atoms with E-state index in [2.05, 4.69) is 15.2 Å². The number of aromatic nitrogens is 3. The fraction of sp³-hybridized carbons (Fsp3) is 0.385. The van der Waals surface area contributed by atoms with Crippen LogP contribution in [0.2, 0.25) is 0 Å². The fourth-order valence-electron chi connectivity index (χ4n) is 2.38. The first-order valence-corrected chi connectivity index (χ1v) is 6.45. The van der Waals surface area contributed by atoms with E-state index in [-0.39, 0.29) is 11.6 Å². The number of hydrogen-bond donors (Lipinski definition) is 2. The molecule has 20 heavy (non-hydrogen) atoms. The highest BCUT2D eigenvalue weighted by Gasteiger charge is 2.24. The predicted molar refractivity (Wildman–Crippen MR) is 73.1 cm³/mol. The Bertz CT molecular complexity index is 615. The number of methoxy groups -OCH3 is 1. The van der Waals surface area contributed by atoms with Gasteiger partial charge in [-0.1, -0.05) is 6.07 Å². The Hall–Kier alpha value is -2.15. The molecule has 0 aliphatic carbocycles. The van der Waals surface area contributed by atoms with Crippen molar-refractivity contribution in [2.75, 3.05) is 25.1 Å². The maximum Gasteiger partial charge on any atom is 0.245 e. The van der Waals surface area contributed by atoms with Gasteiger partial charge in [-0.2, -0.15) is 4.98 Å². The molecule has 1 atom stereocenters. The maximum atomic E-state index is 14.0. The number of halogens is 1. The van der Waals surface area contributed by atoms with Crippen molar-refractivity contribution >= 4 is 5.95 Å². The molecule has 1 unspecified atom stereocenters. The van der Waals surface area contributed by atoms with E-state index < -0.39 is 5.82 Å². The summed E-state index contributed by atoms with van der Waals surface area (Å²) in [6.45, 7) is 1.53. The van der Waals surface area contributed by atoms with Gasteiger partial charge in [-0.15, -0.1) is 5.10 Å². The molecule has 1 aliphatic heterocycles. The zero-order valence-electron chi connectivity index (χ0n) is 11.1. The van der Waals surface area contributed by atoms with E-state index in [4.69, 9.17) is 10.5 Å². The van der Waals surface area contributed by atoms with Gasteiger partial charge in [0, 0.05) is 19.1 Å². The maximum absolute atomic E-state index is 14.0. The number of hydrogen-bond acceptors (Lipinski definition) is 5. The minimum absolute atomic E-state index is 0.139. The SMILES string of the molecule is COc1cccc(F)c1-c1nc(N2CCC(N)C2)n[nH]1. The molecule has 6 nitrogen and oxygen atoms in total.